The molecule has 2 unspecified atom stereocenters. The molecule has 3 rings (SSSR count). The van der Waals surface area contributed by atoms with E-state index >= 15 is 0 Å². The Morgan fingerprint density at radius 3 is 2.38 bits per heavy atom. The molecule has 1 heterocycles. The van der Waals surface area contributed by atoms with Crippen LogP contribution < -0.4 is 16.0 Å². The predicted octanol–water partition coefficient (Wildman–Crippen LogP) is 6.16. The second-order valence-corrected chi connectivity index (χ2v) is 9.31. The number of hydrogen-bond donors (Lipinski definition) is 3. The molecule has 0 radical (unpaired) electrons. The van der Waals surface area contributed by atoms with Crippen molar-refractivity contribution in [3.05, 3.63) is 58.6 Å². The molecule has 3 aromatic rings. The van der Waals surface area contributed by atoms with Gasteiger partial charge in [0.1, 0.15) is 11.0 Å². The maximum atomic E-state index is 13.2. The summed E-state index contributed by atoms with van der Waals surface area (Å²) in [4.78, 5) is 25.4. The van der Waals surface area contributed by atoms with Crippen molar-refractivity contribution in [3.8, 4) is 10.6 Å². The summed E-state index contributed by atoms with van der Waals surface area (Å²) < 4.78 is 40.5. The van der Waals surface area contributed by atoms with E-state index in [1.165, 1.54) is 12.1 Å². The van der Waals surface area contributed by atoms with E-state index in [-0.39, 0.29) is 11.0 Å². The van der Waals surface area contributed by atoms with Crippen LogP contribution in [0.1, 0.15) is 25.8 Å². The van der Waals surface area contributed by atoms with Crippen LogP contribution in [0.5, 0.6) is 0 Å². The molecule has 0 aliphatic carbocycles. The van der Waals surface area contributed by atoms with Gasteiger partial charge in [0.15, 0.2) is 0 Å². The second kappa shape index (κ2) is 11.0. The third kappa shape index (κ3) is 6.54. The van der Waals surface area contributed by atoms with Crippen LogP contribution in [0.3, 0.4) is 0 Å². The van der Waals surface area contributed by atoms with Crippen molar-refractivity contribution in [3.63, 3.8) is 0 Å². The quantitative estimate of drug-likeness (QED) is 0.325. The molecule has 0 fully saturated rings. The molecule has 12 heteroatoms. The second-order valence-electron chi connectivity index (χ2n) is 7.41. The van der Waals surface area contributed by atoms with E-state index in [0.717, 1.165) is 33.5 Å². The van der Waals surface area contributed by atoms with E-state index in [0.29, 0.717) is 11.4 Å². The van der Waals surface area contributed by atoms with Crippen molar-refractivity contribution in [2.75, 3.05) is 10.6 Å². The number of rotatable bonds is 7. The van der Waals surface area contributed by atoms with Gasteiger partial charge in [-0.05, 0) is 30.2 Å². The Morgan fingerprint density at radius 2 is 1.74 bits per heavy atom. The van der Waals surface area contributed by atoms with Crippen LogP contribution in [-0.2, 0) is 11.0 Å². The van der Waals surface area contributed by atoms with E-state index in [2.05, 4.69) is 42.1 Å². The van der Waals surface area contributed by atoms with Crippen LogP contribution in [-0.4, -0.2) is 28.2 Å². The highest BCUT2D eigenvalue weighted by molar-refractivity contribution is 9.10. The molecule has 0 saturated carbocycles. The van der Waals surface area contributed by atoms with Crippen molar-refractivity contribution in [2.24, 2.45) is 5.92 Å². The number of nitrogens with one attached hydrogen (secondary N) is 3. The monoisotopic (exact) mass is 555 g/mol. The lowest BCUT2D eigenvalue weighted by Crippen LogP contribution is -2.49. The van der Waals surface area contributed by atoms with Crippen molar-refractivity contribution in [2.45, 2.75) is 32.5 Å². The predicted molar refractivity (Wildman–Crippen MR) is 129 cm³/mol. The molecule has 0 aliphatic rings. The molecule has 2 aromatic carbocycles. The number of carbonyl (C=O) groups is 2. The molecular weight excluding hydrogens is 535 g/mol. The van der Waals surface area contributed by atoms with Crippen LogP contribution in [0.2, 0.25) is 0 Å². The molecule has 2 atom stereocenters. The smallest absolute Gasteiger partial charge is 0.326 e. The number of benzene rings is 2. The minimum Gasteiger partial charge on any atom is -0.326 e. The van der Waals surface area contributed by atoms with Gasteiger partial charge in [-0.1, -0.05) is 71.8 Å². The fourth-order valence-electron chi connectivity index (χ4n) is 3.01. The number of alkyl halides is 3. The van der Waals surface area contributed by atoms with Crippen molar-refractivity contribution < 1.29 is 22.8 Å². The summed E-state index contributed by atoms with van der Waals surface area (Å²) in [6.07, 6.45) is -4.10. The zero-order valence-electron chi connectivity index (χ0n) is 18.1. The van der Waals surface area contributed by atoms with Crippen molar-refractivity contribution in [1.29, 1.82) is 0 Å². The number of aromatic nitrogens is 2. The molecule has 0 bridgehead atoms. The first-order chi connectivity index (χ1) is 16.1. The van der Waals surface area contributed by atoms with E-state index in [9.17, 15) is 22.8 Å². The summed E-state index contributed by atoms with van der Waals surface area (Å²) in [6, 6.07) is 10.1. The Labute approximate surface area is 206 Å². The number of halogens is 4. The average molecular weight is 556 g/mol. The molecule has 3 amide bonds. The Balaban J connectivity index is 1.71. The summed E-state index contributed by atoms with van der Waals surface area (Å²) in [7, 11) is 0. The van der Waals surface area contributed by atoms with Gasteiger partial charge in [-0.3, -0.25) is 10.1 Å². The molecule has 0 aliphatic heterocycles. The highest BCUT2D eigenvalue weighted by Gasteiger charge is 2.34. The third-order valence-electron chi connectivity index (χ3n) is 5.01. The number of hydrogen-bond acceptors (Lipinski definition) is 5. The van der Waals surface area contributed by atoms with Gasteiger partial charge in [0.25, 0.3) is 0 Å². The van der Waals surface area contributed by atoms with E-state index in [1.807, 2.05) is 31.2 Å². The van der Waals surface area contributed by atoms with Crippen molar-refractivity contribution in [1.82, 2.24) is 15.5 Å². The molecule has 7 nitrogen and oxygen atoms in total. The molecule has 1 aromatic heterocycles. The summed E-state index contributed by atoms with van der Waals surface area (Å²) in [5.74, 6) is -0.852. The van der Waals surface area contributed by atoms with Gasteiger partial charge in [-0.2, -0.15) is 13.2 Å². The van der Waals surface area contributed by atoms with E-state index in [1.54, 1.807) is 6.92 Å². The normalized spacial score (nSPS) is 13.1. The fraction of sp³-hybridized carbons (Fsp3) is 0.273. The van der Waals surface area contributed by atoms with Gasteiger partial charge in [-0.25, -0.2) is 4.79 Å². The Kier molecular flexibility index (Phi) is 8.26. The maximum absolute atomic E-state index is 13.2. The molecule has 0 spiro atoms. The number of carbonyl (C=O) groups excluding carboxylic acids is 2. The molecule has 34 heavy (non-hydrogen) atoms. The number of nitrogens with zero attached hydrogens (tertiary/aromatic N) is 2. The van der Waals surface area contributed by atoms with Crippen molar-refractivity contribution >= 4 is 50.0 Å². The topological polar surface area (TPSA) is 96.0 Å². The molecule has 0 saturated heterocycles. The Hall–Kier alpha value is -2.99. The SMILES string of the molecule is CCC(C)C(NC(=O)Nc1ccccc1C(F)(F)F)C(=O)Nc1nnc(-c2ccc(Br)cc2)s1. The lowest BCUT2D eigenvalue weighted by molar-refractivity contribution is -0.137. The van der Waals surface area contributed by atoms with Crippen LogP contribution >= 0.6 is 27.3 Å². The zero-order valence-corrected chi connectivity index (χ0v) is 20.5. The van der Waals surface area contributed by atoms with Crippen LogP contribution in [0.15, 0.2) is 53.0 Å². The zero-order chi connectivity index (χ0) is 24.9. The van der Waals surface area contributed by atoms with Gasteiger partial charge >= 0.3 is 12.2 Å². The average Bonchev–Trinajstić information content (AvgIpc) is 3.25. The minimum atomic E-state index is -4.64. The first-order valence-electron chi connectivity index (χ1n) is 10.2. The lowest BCUT2D eigenvalue weighted by atomic mass is 9.98. The van der Waals surface area contributed by atoms with Gasteiger partial charge in [0, 0.05) is 10.0 Å². The molecule has 180 valence electrons. The van der Waals surface area contributed by atoms with E-state index < -0.39 is 35.4 Å². The van der Waals surface area contributed by atoms with Crippen LogP contribution in [0.4, 0.5) is 28.8 Å². The number of urea groups is 1. The summed E-state index contributed by atoms with van der Waals surface area (Å²) in [5, 5.41) is 16.2. The number of anilines is 2. The first kappa shape index (κ1) is 25.6. The lowest BCUT2D eigenvalue weighted by Gasteiger charge is -2.23. The first-order valence-corrected chi connectivity index (χ1v) is 11.8. The van der Waals surface area contributed by atoms with Crippen LogP contribution in [0, 0.1) is 5.92 Å². The van der Waals surface area contributed by atoms with Gasteiger partial charge in [0.05, 0.1) is 11.3 Å². The third-order valence-corrected chi connectivity index (χ3v) is 6.43. The maximum Gasteiger partial charge on any atom is 0.418 e. The molecular formula is C22H21BrF3N5O2S. The number of para-hydroxylation sites is 1. The van der Waals surface area contributed by atoms with Gasteiger partial charge in [0.2, 0.25) is 11.0 Å². The van der Waals surface area contributed by atoms with Gasteiger partial charge < -0.3 is 10.6 Å². The summed E-state index contributed by atoms with van der Waals surface area (Å²) in [5.41, 5.74) is -0.566. The van der Waals surface area contributed by atoms with Crippen LogP contribution in [0.25, 0.3) is 10.6 Å². The number of amides is 3. The largest absolute Gasteiger partial charge is 0.418 e. The minimum absolute atomic E-state index is 0.237. The summed E-state index contributed by atoms with van der Waals surface area (Å²) in [6.45, 7) is 3.58. The molecule has 3 N–H and O–H groups in total. The van der Waals surface area contributed by atoms with Gasteiger partial charge in [-0.15, -0.1) is 10.2 Å². The fourth-order valence-corrected chi connectivity index (χ4v) is 4.02. The van der Waals surface area contributed by atoms with E-state index in [4.69, 9.17) is 0 Å². The standard InChI is InChI=1S/C22H21BrF3N5O2S/c1-3-12(2)17(28-20(33)27-16-7-5-4-6-15(16)22(24,25)26)18(32)29-21-31-30-19(34-21)13-8-10-14(23)11-9-13/h4-12,17H,3H2,1-2H3,(H2,27,28,33)(H,29,31,32). The highest BCUT2D eigenvalue weighted by atomic mass is 79.9. The summed E-state index contributed by atoms with van der Waals surface area (Å²) >= 11 is 4.52. The highest BCUT2D eigenvalue weighted by Crippen LogP contribution is 2.34. The Bertz CT molecular complexity index is 1150. The Morgan fingerprint density at radius 1 is 1.06 bits per heavy atom.